The average Bonchev–Trinajstić information content (AvgIpc) is 3.24. The van der Waals surface area contributed by atoms with E-state index >= 15 is 0 Å². The smallest absolute Gasteiger partial charge is 0.267 e. The third-order valence-corrected chi connectivity index (χ3v) is 5.40. The maximum absolute atomic E-state index is 12.4. The number of carbonyl (C=O) groups excluding carboxylic acids is 1. The number of fused-ring (bicyclic) bond motifs is 2. The van der Waals surface area contributed by atoms with Crippen LogP contribution in [0.25, 0.3) is 11.3 Å². The zero-order valence-electron chi connectivity index (χ0n) is 12.1. The van der Waals surface area contributed by atoms with Crippen molar-refractivity contribution < 1.29 is 4.79 Å². The molecule has 3 heterocycles. The lowest BCUT2D eigenvalue weighted by atomic mass is 9.95. The second-order valence-electron chi connectivity index (χ2n) is 6.13. The Balaban J connectivity index is 1.49. The lowest BCUT2D eigenvalue weighted by Crippen LogP contribution is -2.43. The highest BCUT2D eigenvalue weighted by Gasteiger charge is 2.39. The average molecular weight is 360 g/mol. The zero-order chi connectivity index (χ0) is 15.1. The minimum Gasteiger partial charge on any atom is -0.351 e. The molecule has 2 bridgehead atoms. The van der Waals surface area contributed by atoms with Crippen LogP contribution in [0.2, 0.25) is 0 Å². The van der Waals surface area contributed by atoms with E-state index in [1.54, 1.807) is 0 Å². The standard InChI is InChI=1S/C17H18BrN3O/c18-12-4-2-1-3-11(12)13-7-8-15(20-13)17(22)21-16-9-10-5-6-14(16)19-10/h1-4,7-8,10,14,16,19-20H,5-6,9H2,(H,21,22)/t10-,14+,16-/m1/s1. The van der Waals surface area contributed by atoms with Crippen molar-refractivity contribution in [1.29, 1.82) is 0 Å². The number of hydrogen-bond acceptors (Lipinski definition) is 2. The van der Waals surface area contributed by atoms with Crippen LogP contribution in [-0.2, 0) is 0 Å². The Hall–Kier alpha value is -1.59. The molecule has 0 unspecified atom stereocenters. The molecule has 2 saturated heterocycles. The van der Waals surface area contributed by atoms with Crippen LogP contribution in [0.15, 0.2) is 40.9 Å². The van der Waals surface area contributed by atoms with E-state index in [4.69, 9.17) is 0 Å². The summed E-state index contributed by atoms with van der Waals surface area (Å²) in [5, 5.41) is 6.70. The molecule has 4 nitrogen and oxygen atoms in total. The molecular weight excluding hydrogens is 342 g/mol. The molecule has 2 aliphatic heterocycles. The van der Waals surface area contributed by atoms with Crippen LogP contribution < -0.4 is 10.6 Å². The van der Waals surface area contributed by atoms with Gasteiger partial charge in [0.1, 0.15) is 5.69 Å². The van der Waals surface area contributed by atoms with Gasteiger partial charge in [-0.1, -0.05) is 34.1 Å². The van der Waals surface area contributed by atoms with Crippen molar-refractivity contribution in [2.75, 3.05) is 0 Å². The Morgan fingerprint density at radius 1 is 1.18 bits per heavy atom. The summed E-state index contributed by atoms with van der Waals surface area (Å²) in [4.78, 5) is 15.7. The van der Waals surface area contributed by atoms with Gasteiger partial charge in [-0.05, 0) is 37.5 Å². The zero-order valence-corrected chi connectivity index (χ0v) is 13.7. The molecule has 2 fully saturated rings. The summed E-state index contributed by atoms with van der Waals surface area (Å²) in [7, 11) is 0. The summed E-state index contributed by atoms with van der Waals surface area (Å²) in [6.45, 7) is 0. The Bertz CT molecular complexity index is 711. The number of aromatic nitrogens is 1. The predicted octanol–water partition coefficient (Wildman–Crippen LogP) is 3.07. The summed E-state index contributed by atoms with van der Waals surface area (Å²) < 4.78 is 1.01. The van der Waals surface area contributed by atoms with Crippen molar-refractivity contribution in [2.24, 2.45) is 0 Å². The topological polar surface area (TPSA) is 56.9 Å². The first-order valence-corrected chi connectivity index (χ1v) is 8.51. The van der Waals surface area contributed by atoms with Gasteiger partial charge in [-0.2, -0.15) is 0 Å². The van der Waals surface area contributed by atoms with E-state index < -0.39 is 0 Å². The van der Waals surface area contributed by atoms with Crippen LogP contribution in [0.4, 0.5) is 0 Å². The quantitative estimate of drug-likeness (QED) is 0.788. The Morgan fingerprint density at radius 3 is 2.77 bits per heavy atom. The second-order valence-corrected chi connectivity index (χ2v) is 6.98. The second kappa shape index (κ2) is 5.56. The van der Waals surface area contributed by atoms with Crippen molar-refractivity contribution in [3.8, 4) is 11.3 Å². The first-order chi connectivity index (χ1) is 10.7. The molecule has 0 aliphatic carbocycles. The Kier molecular flexibility index (Phi) is 3.54. The number of amides is 1. The first-order valence-electron chi connectivity index (χ1n) is 7.71. The van der Waals surface area contributed by atoms with Gasteiger partial charge in [0, 0.05) is 33.9 Å². The van der Waals surface area contributed by atoms with Gasteiger partial charge in [0.15, 0.2) is 0 Å². The number of hydrogen-bond donors (Lipinski definition) is 3. The molecule has 5 heteroatoms. The number of rotatable bonds is 3. The molecule has 2 aliphatic rings. The molecule has 2 aromatic rings. The van der Waals surface area contributed by atoms with E-state index in [-0.39, 0.29) is 11.9 Å². The Morgan fingerprint density at radius 2 is 2.05 bits per heavy atom. The third kappa shape index (κ3) is 2.48. The molecule has 0 spiro atoms. The molecule has 1 amide bonds. The van der Waals surface area contributed by atoms with E-state index in [9.17, 15) is 4.79 Å². The van der Waals surface area contributed by atoms with Gasteiger partial charge >= 0.3 is 0 Å². The van der Waals surface area contributed by atoms with Crippen LogP contribution in [-0.4, -0.2) is 29.0 Å². The summed E-state index contributed by atoms with van der Waals surface area (Å²) >= 11 is 3.54. The summed E-state index contributed by atoms with van der Waals surface area (Å²) in [6, 6.07) is 13.1. The number of H-pyrrole nitrogens is 1. The number of benzene rings is 1. The van der Waals surface area contributed by atoms with Crippen molar-refractivity contribution in [3.63, 3.8) is 0 Å². The van der Waals surface area contributed by atoms with Gasteiger partial charge in [-0.15, -0.1) is 0 Å². The van der Waals surface area contributed by atoms with Crippen molar-refractivity contribution >= 4 is 21.8 Å². The highest BCUT2D eigenvalue weighted by Crippen LogP contribution is 2.29. The minimum atomic E-state index is -0.0161. The summed E-state index contributed by atoms with van der Waals surface area (Å²) in [5.41, 5.74) is 2.63. The largest absolute Gasteiger partial charge is 0.351 e. The van der Waals surface area contributed by atoms with Gasteiger partial charge in [0.05, 0.1) is 0 Å². The normalized spacial score (nSPS) is 26.3. The third-order valence-electron chi connectivity index (χ3n) is 4.71. The molecule has 114 valence electrons. The monoisotopic (exact) mass is 359 g/mol. The van der Waals surface area contributed by atoms with Crippen molar-refractivity contribution in [2.45, 2.75) is 37.4 Å². The van der Waals surface area contributed by atoms with Crippen molar-refractivity contribution in [1.82, 2.24) is 15.6 Å². The molecule has 22 heavy (non-hydrogen) atoms. The van der Waals surface area contributed by atoms with E-state index in [0.717, 1.165) is 22.2 Å². The van der Waals surface area contributed by atoms with Gasteiger partial charge in [-0.25, -0.2) is 0 Å². The van der Waals surface area contributed by atoms with Crippen LogP contribution in [0.3, 0.4) is 0 Å². The fraction of sp³-hybridized carbons (Fsp3) is 0.353. The van der Waals surface area contributed by atoms with E-state index in [2.05, 4.69) is 31.5 Å². The molecule has 3 atom stereocenters. The van der Waals surface area contributed by atoms with E-state index in [1.807, 2.05) is 36.4 Å². The maximum atomic E-state index is 12.4. The first kappa shape index (κ1) is 14.0. The fourth-order valence-corrected chi connectivity index (χ4v) is 4.09. The molecular formula is C17H18BrN3O. The molecule has 4 rings (SSSR count). The maximum Gasteiger partial charge on any atom is 0.267 e. The van der Waals surface area contributed by atoms with Crippen LogP contribution in [0.1, 0.15) is 29.8 Å². The van der Waals surface area contributed by atoms with Crippen LogP contribution in [0, 0.1) is 0 Å². The molecule has 1 aromatic carbocycles. The van der Waals surface area contributed by atoms with E-state index in [1.165, 1.54) is 12.8 Å². The van der Waals surface area contributed by atoms with E-state index in [0.29, 0.717) is 17.8 Å². The molecule has 1 aromatic heterocycles. The minimum absolute atomic E-state index is 0.0161. The lowest BCUT2D eigenvalue weighted by molar-refractivity contribution is 0.0926. The summed E-state index contributed by atoms with van der Waals surface area (Å²) in [6.07, 6.45) is 3.46. The highest BCUT2D eigenvalue weighted by molar-refractivity contribution is 9.10. The highest BCUT2D eigenvalue weighted by atomic mass is 79.9. The van der Waals surface area contributed by atoms with Crippen LogP contribution in [0.5, 0.6) is 0 Å². The van der Waals surface area contributed by atoms with Gasteiger partial charge < -0.3 is 15.6 Å². The van der Waals surface area contributed by atoms with Crippen molar-refractivity contribution in [3.05, 3.63) is 46.6 Å². The fourth-order valence-electron chi connectivity index (χ4n) is 3.59. The molecule has 0 radical (unpaired) electrons. The lowest BCUT2D eigenvalue weighted by Gasteiger charge is -2.21. The number of aromatic amines is 1. The predicted molar refractivity (Wildman–Crippen MR) is 89.7 cm³/mol. The number of halogens is 1. The molecule has 0 saturated carbocycles. The summed E-state index contributed by atoms with van der Waals surface area (Å²) in [5.74, 6) is -0.0161. The molecule has 3 N–H and O–H groups in total. The Labute approximate surface area is 137 Å². The van der Waals surface area contributed by atoms with Crippen LogP contribution >= 0.6 is 15.9 Å². The van der Waals surface area contributed by atoms with Gasteiger partial charge in [-0.3, -0.25) is 4.79 Å². The SMILES string of the molecule is O=C(N[C@@H]1C[C@H]2CC[C@@H]1N2)c1ccc(-c2ccccc2Br)[nH]1. The number of carbonyl (C=O) groups is 1. The van der Waals surface area contributed by atoms with Gasteiger partial charge in [0.25, 0.3) is 5.91 Å². The number of nitrogens with one attached hydrogen (secondary N) is 3. The van der Waals surface area contributed by atoms with Gasteiger partial charge in [0.2, 0.25) is 0 Å².